The summed E-state index contributed by atoms with van der Waals surface area (Å²) in [5.74, 6) is 0.279. The Labute approximate surface area is 136 Å². The molecule has 0 bridgehead atoms. The SMILES string of the molecule is C[C@]12CCC(=O)C=C1CCCC2n1cc(-c2ccccc2)nn1. The van der Waals surface area contributed by atoms with Gasteiger partial charge in [0.25, 0.3) is 0 Å². The van der Waals surface area contributed by atoms with Gasteiger partial charge in [-0.15, -0.1) is 5.10 Å². The van der Waals surface area contributed by atoms with Crippen LogP contribution < -0.4 is 0 Å². The van der Waals surface area contributed by atoms with Crippen LogP contribution >= 0.6 is 0 Å². The van der Waals surface area contributed by atoms with E-state index in [1.54, 1.807) is 0 Å². The molecule has 0 aliphatic heterocycles. The van der Waals surface area contributed by atoms with Crippen molar-refractivity contribution in [1.82, 2.24) is 15.0 Å². The molecule has 2 aliphatic carbocycles. The summed E-state index contributed by atoms with van der Waals surface area (Å²) in [6.45, 7) is 2.29. The van der Waals surface area contributed by atoms with Crippen molar-refractivity contribution in [2.24, 2.45) is 5.41 Å². The van der Waals surface area contributed by atoms with Crippen molar-refractivity contribution >= 4 is 5.78 Å². The molecule has 1 unspecified atom stereocenters. The Balaban J connectivity index is 1.69. The average Bonchev–Trinajstić information content (AvgIpc) is 3.05. The van der Waals surface area contributed by atoms with Crippen molar-refractivity contribution in [3.63, 3.8) is 0 Å². The standard InChI is InChI=1S/C19H21N3O/c1-19-11-10-16(23)12-15(19)8-5-9-18(19)22-13-17(20-21-22)14-6-3-2-4-7-14/h2-4,6-7,12-13,18H,5,8-11H2,1H3/t18?,19-/m0/s1. The Hall–Kier alpha value is -2.23. The lowest BCUT2D eigenvalue weighted by Crippen LogP contribution is -2.38. The summed E-state index contributed by atoms with van der Waals surface area (Å²) >= 11 is 0. The van der Waals surface area contributed by atoms with Gasteiger partial charge in [0, 0.05) is 17.4 Å². The molecular weight excluding hydrogens is 286 g/mol. The predicted molar refractivity (Wildman–Crippen MR) is 88.8 cm³/mol. The van der Waals surface area contributed by atoms with Crippen molar-refractivity contribution in [3.05, 3.63) is 48.2 Å². The van der Waals surface area contributed by atoms with Crippen LogP contribution in [-0.4, -0.2) is 20.8 Å². The zero-order valence-corrected chi connectivity index (χ0v) is 13.4. The molecule has 1 aromatic heterocycles. The van der Waals surface area contributed by atoms with Gasteiger partial charge in [-0.2, -0.15) is 0 Å². The highest BCUT2D eigenvalue weighted by molar-refractivity contribution is 5.91. The number of nitrogens with zero attached hydrogens (tertiary/aromatic N) is 3. The molecule has 1 saturated carbocycles. The summed E-state index contributed by atoms with van der Waals surface area (Å²) in [5.41, 5.74) is 3.35. The van der Waals surface area contributed by atoms with Gasteiger partial charge in [-0.1, -0.05) is 48.0 Å². The minimum atomic E-state index is 0.0355. The fraction of sp³-hybridized carbons (Fsp3) is 0.421. The molecular formula is C19H21N3O. The maximum Gasteiger partial charge on any atom is 0.155 e. The van der Waals surface area contributed by atoms with Crippen LogP contribution in [0.2, 0.25) is 0 Å². The number of carbonyl (C=O) groups excluding carboxylic acids is 1. The Kier molecular flexibility index (Phi) is 3.40. The first-order valence-electron chi connectivity index (χ1n) is 8.38. The molecule has 4 nitrogen and oxygen atoms in total. The third-order valence-corrected chi connectivity index (χ3v) is 5.52. The third-order valence-electron chi connectivity index (χ3n) is 5.52. The van der Waals surface area contributed by atoms with Crippen LogP contribution in [0.4, 0.5) is 0 Å². The number of allylic oxidation sites excluding steroid dienone is 2. The highest BCUT2D eigenvalue weighted by Gasteiger charge is 2.44. The molecule has 1 fully saturated rings. The lowest BCUT2D eigenvalue weighted by atomic mass is 9.63. The van der Waals surface area contributed by atoms with Crippen LogP contribution in [0.25, 0.3) is 11.3 Å². The molecule has 4 heteroatoms. The van der Waals surface area contributed by atoms with Crippen LogP contribution in [-0.2, 0) is 4.79 Å². The molecule has 0 spiro atoms. The van der Waals surface area contributed by atoms with E-state index >= 15 is 0 Å². The van der Waals surface area contributed by atoms with E-state index in [1.807, 2.05) is 29.0 Å². The van der Waals surface area contributed by atoms with Gasteiger partial charge in [-0.25, -0.2) is 4.68 Å². The third kappa shape index (κ3) is 2.42. The van der Waals surface area contributed by atoms with Crippen LogP contribution in [0.1, 0.15) is 45.1 Å². The van der Waals surface area contributed by atoms with E-state index in [-0.39, 0.29) is 11.2 Å². The molecule has 0 amide bonds. The number of benzene rings is 1. The van der Waals surface area contributed by atoms with E-state index in [2.05, 4.69) is 35.6 Å². The average molecular weight is 307 g/mol. The minimum Gasteiger partial charge on any atom is -0.295 e. The summed E-state index contributed by atoms with van der Waals surface area (Å²) in [6.07, 6.45) is 8.77. The smallest absolute Gasteiger partial charge is 0.155 e. The fourth-order valence-electron chi connectivity index (χ4n) is 4.11. The Morgan fingerprint density at radius 2 is 2.04 bits per heavy atom. The predicted octanol–water partition coefficient (Wildman–Crippen LogP) is 3.97. The molecule has 0 radical (unpaired) electrons. The molecule has 1 aromatic carbocycles. The molecule has 118 valence electrons. The van der Waals surface area contributed by atoms with E-state index in [1.165, 1.54) is 5.57 Å². The van der Waals surface area contributed by atoms with Crippen LogP contribution in [0.15, 0.2) is 48.2 Å². The van der Waals surface area contributed by atoms with Gasteiger partial charge in [-0.3, -0.25) is 4.79 Å². The summed E-state index contributed by atoms with van der Waals surface area (Å²) in [6, 6.07) is 10.4. The van der Waals surface area contributed by atoms with Crippen molar-refractivity contribution in [3.8, 4) is 11.3 Å². The second kappa shape index (κ2) is 5.44. The second-order valence-corrected chi connectivity index (χ2v) is 6.91. The van der Waals surface area contributed by atoms with Crippen LogP contribution in [0.5, 0.6) is 0 Å². The van der Waals surface area contributed by atoms with Gasteiger partial charge >= 0.3 is 0 Å². The number of carbonyl (C=O) groups is 1. The highest BCUT2D eigenvalue weighted by atomic mass is 16.1. The van der Waals surface area contributed by atoms with Gasteiger partial charge in [0.2, 0.25) is 0 Å². The zero-order valence-electron chi connectivity index (χ0n) is 13.4. The Morgan fingerprint density at radius 3 is 2.87 bits per heavy atom. The van der Waals surface area contributed by atoms with Crippen molar-refractivity contribution in [2.75, 3.05) is 0 Å². The summed E-state index contributed by atoms with van der Waals surface area (Å²) in [5, 5.41) is 8.80. The summed E-state index contributed by atoms with van der Waals surface area (Å²) in [7, 11) is 0. The molecule has 2 aliphatic rings. The van der Waals surface area contributed by atoms with Gasteiger partial charge in [-0.05, 0) is 31.8 Å². The lowest BCUT2D eigenvalue weighted by Gasteiger charge is -2.45. The van der Waals surface area contributed by atoms with Crippen LogP contribution in [0, 0.1) is 5.41 Å². The minimum absolute atomic E-state index is 0.0355. The fourth-order valence-corrected chi connectivity index (χ4v) is 4.11. The lowest BCUT2D eigenvalue weighted by molar-refractivity contribution is -0.116. The number of rotatable bonds is 2. The van der Waals surface area contributed by atoms with Crippen molar-refractivity contribution in [1.29, 1.82) is 0 Å². The van der Waals surface area contributed by atoms with Gasteiger partial charge in [0.15, 0.2) is 5.78 Å². The first-order valence-corrected chi connectivity index (χ1v) is 8.38. The van der Waals surface area contributed by atoms with E-state index in [0.29, 0.717) is 12.5 Å². The maximum absolute atomic E-state index is 11.8. The first kappa shape index (κ1) is 14.4. The molecule has 1 heterocycles. The molecule has 2 aromatic rings. The van der Waals surface area contributed by atoms with E-state index in [0.717, 1.165) is 36.9 Å². The largest absolute Gasteiger partial charge is 0.295 e. The summed E-state index contributed by atoms with van der Waals surface area (Å²) < 4.78 is 2.03. The van der Waals surface area contributed by atoms with Crippen molar-refractivity contribution < 1.29 is 4.79 Å². The number of aromatic nitrogens is 3. The second-order valence-electron chi connectivity index (χ2n) is 6.91. The van der Waals surface area contributed by atoms with E-state index in [9.17, 15) is 4.79 Å². The number of fused-ring (bicyclic) bond motifs is 1. The van der Waals surface area contributed by atoms with Crippen LogP contribution in [0.3, 0.4) is 0 Å². The topological polar surface area (TPSA) is 47.8 Å². The molecule has 0 saturated heterocycles. The highest BCUT2D eigenvalue weighted by Crippen LogP contribution is 2.52. The molecule has 2 atom stereocenters. The van der Waals surface area contributed by atoms with Crippen molar-refractivity contribution in [2.45, 2.75) is 45.1 Å². The first-order chi connectivity index (χ1) is 11.2. The molecule has 4 rings (SSSR count). The normalized spacial score (nSPS) is 27.4. The Morgan fingerprint density at radius 1 is 1.22 bits per heavy atom. The maximum atomic E-state index is 11.8. The summed E-state index contributed by atoms with van der Waals surface area (Å²) in [4.78, 5) is 11.8. The van der Waals surface area contributed by atoms with Gasteiger partial charge in [0.05, 0.1) is 12.2 Å². The van der Waals surface area contributed by atoms with E-state index in [4.69, 9.17) is 0 Å². The quantitative estimate of drug-likeness (QED) is 0.843. The van der Waals surface area contributed by atoms with E-state index < -0.39 is 0 Å². The van der Waals surface area contributed by atoms with Gasteiger partial charge < -0.3 is 0 Å². The van der Waals surface area contributed by atoms with Gasteiger partial charge in [0.1, 0.15) is 5.69 Å². The zero-order chi connectivity index (χ0) is 15.9. The molecule has 23 heavy (non-hydrogen) atoms. The molecule has 0 N–H and O–H groups in total. The number of hydrogen-bond donors (Lipinski definition) is 0. The number of hydrogen-bond acceptors (Lipinski definition) is 3. The Bertz CT molecular complexity index is 762. The number of ketones is 1. The monoisotopic (exact) mass is 307 g/mol.